The molecule has 2 unspecified atom stereocenters. The maximum absolute atomic E-state index is 11.4. The van der Waals surface area contributed by atoms with E-state index in [1.54, 1.807) is 6.92 Å². The lowest BCUT2D eigenvalue weighted by molar-refractivity contribution is -0.156. The van der Waals surface area contributed by atoms with Gasteiger partial charge in [0.15, 0.2) is 0 Å². The molecule has 0 aliphatic heterocycles. The summed E-state index contributed by atoms with van der Waals surface area (Å²) in [4.78, 5) is 11.4. The van der Waals surface area contributed by atoms with E-state index >= 15 is 0 Å². The van der Waals surface area contributed by atoms with E-state index in [0.29, 0.717) is 5.57 Å². The maximum atomic E-state index is 11.4. The lowest BCUT2D eigenvalue weighted by Gasteiger charge is -2.31. The van der Waals surface area contributed by atoms with E-state index in [9.17, 15) is 9.90 Å². The van der Waals surface area contributed by atoms with Crippen molar-refractivity contribution in [2.45, 2.75) is 51.7 Å². The molecule has 0 radical (unpaired) electrons. The zero-order chi connectivity index (χ0) is 11.6. The first-order valence-corrected chi connectivity index (χ1v) is 5.40. The second-order valence-corrected chi connectivity index (χ2v) is 4.94. The predicted molar refractivity (Wildman–Crippen MR) is 58.3 cm³/mol. The fourth-order valence-corrected chi connectivity index (χ4v) is 2.00. The van der Waals surface area contributed by atoms with E-state index in [2.05, 4.69) is 6.58 Å². The van der Waals surface area contributed by atoms with Crippen molar-refractivity contribution >= 4 is 5.97 Å². The SMILES string of the molecule is C=C(C)C(=O)OC(C)(C)C1CCC(O)C1. The van der Waals surface area contributed by atoms with Gasteiger partial charge in [0.25, 0.3) is 0 Å². The van der Waals surface area contributed by atoms with E-state index in [1.165, 1.54) is 0 Å². The number of carbonyl (C=O) groups excluding carboxylic acids is 1. The van der Waals surface area contributed by atoms with Crippen LogP contribution in [0.5, 0.6) is 0 Å². The molecule has 1 aliphatic carbocycles. The second-order valence-electron chi connectivity index (χ2n) is 4.94. The molecule has 0 aromatic heterocycles. The van der Waals surface area contributed by atoms with Gasteiger partial charge in [-0.2, -0.15) is 0 Å². The Morgan fingerprint density at radius 1 is 1.47 bits per heavy atom. The Hall–Kier alpha value is -0.830. The van der Waals surface area contributed by atoms with Crippen molar-refractivity contribution in [3.05, 3.63) is 12.2 Å². The average Bonchev–Trinajstić information content (AvgIpc) is 2.51. The molecule has 3 heteroatoms. The van der Waals surface area contributed by atoms with Crippen LogP contribution in [-0.4, -0.2) is 22.8 Å². The highest BCUT2D eigenvalue weighted by Crippen LogP contribution is 2.36. The van der Waals surface area contributed by atoms with Gasteiger partial charge >= 0.3 is 5.97 Å². The van der Waals surface area contributed by atoms with Crippen LogP contribution in [0.2, 0.25) is 0 Å². The molecule has 15 heavy (non-hydrogen) atoms. The summed E-state index contributed by atoms with van der Waals surface area (Å²) >= 11 is 0. The summed E-state index contributed by atoms with van der Waals surface area (Å²) in [6.45, 7) is 9.00. The number of esters is 1. The summed E-state index contributed by atoms with van der Waals surface area (Å²) in [5, 5.41) is 9.45. The third-order valence-electron chi connectivity index (χ3n) is 3.09. The zero-order valence-corrected chi connectivity index (χ0v) is 9.75. The molecule has 0 amide bonds. The van der Waals surface area contributed by atoms with Gasteiger partial charge in [-0.15, -0.1) is 0 Å². The first-order chi connectivity index (χ1) is 6.83. The Labute approximate surface area is 91.1 Å². The Bertz CT molecular complexity index is 268. The normalized spacial score (nSPS) is 26.4. The van der Waals surface area contributed by atoms with Crippen molar-refractivity contribution in [3.63, 3.8) is 0 Å². The van der Waals surface area contributed by atoms with E-state index in [-0.39, 0.29) is 18.0 Å². The van der Waals surface area contributed by atoms with Crippen molar-refractivity contribution in [1.29, 1.82) is 0 Å². The van der Waals surface area contributed by atoms with E-state index in [0.717, 1.165) is 19.3 Å². The second kappa shape index (κ2) is 4.35. The molecule has 0 saturated heterocycles. The van der Waals surface area contributed by atoms with Crippen LogP contribution in [0.25, 0.3) is 0 Å². The number of rotatable bonds is 3. The standard InChI is InChI=1S/C12H20O3/c1-8(2)11(14)15-12(3,4)9-5-6-10(13)7-9/h9-10,13H,1,5-7H2,2-4H3. The van der Waals surface area contributed by atoms with Crippen LogP contribution in [0.4, 0.5) is 0 Å². The van der Waals surface area contributed by atoms with Gasteiger partial charge in [-0.25, -0.2) is 4.79 Å². The topological polar surface area (TPSA) is 46.5 Å². The van der Waals surface area contributed by atoms with E-state index in [1.807, 2.05) is 13.8 Å². The van der Waals surface area contributed by atoms with Gasteiger partial charge in [-0.3, -0.25) is 0 Å². The first kappa shape index (κ1) is 12.2. The van der Waals surface area contributed by atoms with Gasteiger partial charge in [-0.1, -0.05) is 6.58 Å². The maximum Gasteiger partial charge on any atom is 0.333 e. The molecule has 0 bridgehead atoms. The molecule has 2 atom stereocenters. The number of carbonyl (C=O) groups is 1. The molecule has 1 rings (SSSR count). The highest BCUT2D eigenvalue weighted by molar-refractivity contribution is 5.87. The molecule has 1 aliphatic rings. The van der Waals surface area contributed by atoms with Crippen LogP contribution in [0, 0.1) is 5.92 Å². The van der Waals surface area contributed by atoms with Crippen LogP contribution in [-0.2, 0) is 9.53 Å². The molecule has 1 fully saturated rings. The lowest BCUT2D eigenvalue weighted by atomic mass is 9.89. The summed E-state index contributed by atoms with van der Waals surface area (Å²) in [5.74, 6) is -0.0998. The zero-order valence-electron chi connectivity index (χ0n) is 9.75. The van der Waals surface area contributed by atoms with Gasteiger partial charge < -0.3 is 9.84 Å². The smallest absolute Gasteiger partial charge is 0.333 e. The van der Waals surface area contributed by atoms with Crippen molar-refractivity contribution in [2.24, 2.45) is 5.92 Å². The monoisotopic (exact) mass is 212 g/mol. The minimum atomic E-state index is -0.506. The van der Waals surface area contributed by atoms with Gasteiger partial charge in [0.05, 0.1) is 6.10 Å². The summed E-state index contributed by atoms with van der Waals surface area (Å²) in [6.07, 6.45) is 2.20. The predicted octanol–water partition coefficient (Wildman–Crippen LogP) is 2.05. The van der Waals surface area contributed by atoms with Crippen molar-refractivity contribution in [2.75, 3.05) is 0 Å². The van der Waals surface area contributed by atoms with Crippen molar-refractivity contribution in [3.8, 4) is 0 Å². The number of hydrogen-bond acceptors (Lipinski definition) is 3. The van der Waals surface area contributed by atoms with Gasteiger partial charge in [0, 0.05) is 11.5 Å². The molecular formula is C12H20O3. The third kappa shape index (κ3) is 3.06. The number of hydrogen-bond donors (Lipinski definition) is 1. The Kier molecular flexibility index (Phi) is 3.55. The summed E-state index contributed by atoms with van der Waals surface area (Å²) in [6, 6.07) is 0. The largest absolute Gasteiger partial charge is 0.456 e. The molecule has 0 aromatic rings. The molecule has 3 nitrogen and oxygen atoms in total. The summed E-state index contributed by atoms with van der Waals surface area (Å²) < 4.78 is 5.38. The summed E-state index contributed by atoms with van der Waals surface area (Å²) in [5.41, 5.74) is -0.0883. The number of aliphatic hydroxyl groups excluding tert-OH is 1. The minimum absolute atomic E-state index is 0.238. The van der Waals surface area contributed by atoms with Crippen LogP contribution < -0.4 is 0 Å². The van der Waals surface area contributed by atoms with Gasteiger partial charge in [-0.05, 0) is 40.0 Å². The van der Waals surface area contributed by atoms with Crippen LogP contribution in [0.15, 0.2) is 12.2 Å². The van der Waals surface area contributed by atoms with Crippen LogP contribution in [0.3, 0.4) is 0 Å². The number of ether oxygens (including phenoxy) is 1. The molecule has 0 aromatic carbocycles. The molecule has 1 saturated carbocycles. The van der Waals surface area contributed by atoms with Gasteiger partial charge in [0.1, 0.15) is 5.60 Å². The van der Waals surface area contributed by atoms with Crippen LogP contribution in [0.1, 0.15) is 40.0 Å². The summed E-state index contributed by atoms with van der Waals surface area (Å²) in [7, 11) is 0. The highest BCUT2D eigenvalue weighted by atomic mass is 16.6. The lowest BCUT2D eigenvalue weighted by Crippen LogP contribution is -2.36. The van der Waals surface area contributed by atoms with Crippen molar-refractivity contribution in [1.82, 2.24) is 0 Å². The fourth-order valence-electron chi connectivity index (χ4n) is 2.00. The Morgan fingerprint density at radius 2 is 2.07 bits per heavy atom. The molecular weight excluding hydrogens is 192 g/mol. The van der Waals surface area contributed by atoms with E-state index in [4.69, 9.17) is 4.74 Å². The average molecular weight is 212 g/mol. The molecule has 0 heterocycles. The number of aliphatic hydroxyl groups is 1. The quantitative estimate of drug-likeness (QED) is 0.575. The molecule has 1 N–H and O–H groups in total. The minimum Gasteiger partial charge on any atom is -0.456 e. The van der Waals surface area contributed by atoms with Crippen molar-refractivity contribution < 1.29 is 14.6 Å². The molecule has 86 valence electrons. The van der Waals surface area contributed by atoms with Gasteiger partial charge in [0.2, 0.25) is 0 Å². The fraction of sp³-hybridized carbons (Fsp3) is 0.750. The van der Waals surface area contributed by atoms with Crippen LogP contribution >= 0.6 is 0 Å². The van der Waals surface area contributed by atoms with E-state index < -0.39 is 5.60 Å². The Balaban J connectivity index is 2.58. The third-order valence-corrected chi connectivity index (χ3v) is 3.09. The Morgan fingerprint density at radius 3 is 2.47 bits per heavy atom. The highest BCUT2D eigenvalue weighted by Gasteiger charge is 2.38. The molecule has 0 spiro atoms. The first-order valence-electron chi connectivity index (χ1n) is 5.40.